The third-order valence-electron chi connectivity index (χ3n) is 2.15. The topological polar surface area (TPSA) is 60.8 Å². The molecule has 72 valence electrons. The van der Waals surface area contributed by atoms with Crippen molar-refractivity contribution in [1.82, 2.24) is 4.90 Å². The number of nitrogens with zero attached hydrogens (tertiary/aromatic N) is 1. The maximum Gasteiger partial charge on any atom is 0.298 e. The Morgan fingerprint density at radius 1 is 1.69 bits per heavy atom. The van der Waals surface area contributed by atoms with E-state index in [9.17, 15) is 9.90 Å². The van der Waals surface area contributed by atoms with Crippen LogP contribution in [0.4, 0.5) is 0 Å². The SMILES string of the molecule is CC#CC(=O)N1CCC(O)(CO)C1. The van der Waals surface area contributed by atoms with E-state index >= 15 is 0 Å². The number of aliphatic hydroxyl groups is 2. The molecule has 1 amide bonds. The number of hydrogen-bond acceptors (Lipinski definition) is 3. The molecule has 0 bridgehead atoms. The Bertz CT molecular complexity index is 266. The zero-order valence-electron chi connectivity index (χ0n) is 7.58. The van der Waals surface area contributed by atoms with Crippen LogP contribution in [0.15, 0.2) is 0 Å². The summed E-state index contributed by atoms with van der Waals surface area (Å²) >= 11 is 0. The lowest BCUT2D eigenvalue weighted by atomic mass is 10.1. The van der Waals surface area contributed by atoms with Gasteiger partial charge in [-0.05, 0) is 19.3 Å². The van der Waals surface area contributed by atoms with Crippen molar-refractivity contribution in [3.8, 4) is 11.8 Å². The molecule has 1 saturated heterocycles. The third kappa shape index (κ3) is 2.20. The van der Waals surface area contributed by atoms with Crippen LogP contribution in [-0.2, 0) is 4.79 Å². The van der Waals surface area contributed by atoms with Crippen molar-refractivity contribution in [3.63, 3.8) is 0 Å². The van der Waals surface area contributed by atoms with Gasteiger partial charge < -0.3 is 15.1 Å². The van der Waals surface area contributed by atoms with Gasteiger partial charge >= 0.3 is 0 Å². The van der Waals surface area contributed by atoms with Crippen molar-refractivity contribution in [2.75, 3.05) is 19.7 Å². The van der Waals surface area contributed by atoms with E-state index in [1.54, 1.807) is 6.92 Å². The Kier molecular flexibility index (Phi) is 2.91. The minimum absolute atomic E-state index is 0.178. The molecule has 1 heterocycles. The first-order valence-corrected chi connectivity index (χ1v) is 4.16. The van der Waals surface area contributed by atoms with Crippen LogP contribution in [-0.4, -0.2) is 46.3 Å². The van der Waals surface area contributed by atoms with Crippen LogP contribution < -0.4 is 0 Å². The highest BCUT2D eigenvalue weighted by Gasteiger charge is 2.37. The second-order valence-corrected chi connectivity index (χ2v) is 3.23. The van der Waals surface area contributed by atoms with Crippen LogP contribution in [0, 0.1) is 11.8 Å². The highest BCUT2D eigenvalue weighted by Crippen LogP contribution is 2.20. The summed E-state index contributed by atoms with van der Waals surface area (Å²) in [6, 6.07) is 0. The molecule has 1 unspecified atom stereocenters. The Morgan fingerprint density at radius 3 is 2.85 bits per heavy atom. The smallest absolute Gasteiger partial charge is 0.298 e. The van der Waals surface area contributed by atoms with Crippen molar-refractivity contribution in [1.29, 1.82) is 0 Å². The molecule has 1 fully saturated rings. The number of likely N-dealkylation sites (tertiary alicyclic amines) is 1. The normalized spacial score (nSPS) is 26.8. The van der Waals surface area contributed by atoms with Gasteiger partial charge in [0.25, 0.3) is 5.91 Å². The first-order chi connectivity index (χ1) is 6.11. The fourth-order valence-corrected chi connectivity index (χ4v) is 1.34. The molecule has 4 heteroatoms. The van der Waals surface area contributed by atoms with Crippen molar-refractivity contribution in [3.05, 3.63) is 0 Å². The monoisotopic (exact) mass is 183 g/mol. The number of aliphatic hydroxyl groups excluding tert-OH is 1. The van der Waals surface area contributed by atoms with Crippen LogP contribution >= 0.6 is 0 Å². The molecular weight excluding hydrogens is 170 g/mol. The van der Waals surface area contributed by atoms with E-state index in [2.05, 4.69) is 11.8 Å². The van der Waals surface area contributed by atoms with E-state index in [1.807, 2.05) is 0 Å². The van der Waals surface area contributed by atoms with Crippen molar-refractivity contribution in [2.24, 2.45) is 0 Å². The summed E-state index contributed by atoms with van der Waals surface area (Å²) in [7, 11) is 0. The number of β-amino-alcohol motifs (C(OH)–C–C–N with tert-alkyl or cyclic N) is 1. The molecule has 4 nitrogen and oxygen atoms in total. The Labute approximate surface area is 77.2 Å². The highest BCUT2D eigenvalue weighted by atomic mass is 16.3. The molecule has 1 atom stereocenters. The van der Waals surface area contributed by atoms with Gasteiger partial charge in [-0.3, -0.25) is 4.79 Å². The molecular formula is C9H13NO3. The summed E-state index contributed by atoms with van der Waals surface area (Å²) in [5, 5.41) is 18.4. The van der Waals surface area contributed by atoms with Crippen LogP contribution in [0.5, 0.6) is 0 Å². The quantitative estimate of drug-likeness (QED) is 0.511. The van der Waals surface area contributed by atoms with Crippen LogP contribution in [0.25, 0.3) is 0 Å². The minimum atomic E-state index is -1.12. The summed E-state index contributed by atoms with van der Waals surface area (Å²) < 4.78 is 0. The van der Waals surface area contributed by atoms with E-state index in [-0.39, 0.29) is 19.1 Å². The lowest BCUT2D eigenvalue weighted by Crippen LogP contribution is -2.38. The first-order valence-electron chi connectivity index (χ1n) is 4.16. The summed E-state index contributed by atoms with van der Waals surface area (Å²) in [4.78, 5) is 12.7. The number of amides is 1. The molecule has 0 aromatic rings. The van der Waals surface area contributed by atoms with Crippen molar-refractivity contribution < 1.29 is 15.0 Å². The predicted molar refractivity (Wildman–Crippen MR) is 46.7 cm³/mol. The van der Waals surface area contributed by atoms with Crippen LogP contribution in [0.3, 0.4) is 0 Å². The van der Waals surface area contributed by atoms with E-state index in [1.165, 1.54) is 4.90 Å². The zero-order chi connectivity index (χ0) is 9.90. The highest BCUT2D eigenvalue weighted by molar-refractivity contribution is 5.93. The molecule has 0 aromatic heterocycles. The Morgan fingerprint density at radius 2 is 2.38 bits per heavy atom. The maximum absolute atomic E-state index is 11.2. The van der Waals surface area contributed by atoms with Gasteiger partial charge in [0.15, 0.2) is 0 Å². The molecule has 0 aromatic carbocycles. The van der Waals surface area contributed by atoms with E-state index in [0.717, 1.165) is 0 Å². The molecule has 0 radical (unpaired) electrons. The lowest BCUT2D eigenvalue weighted by Gasteiger charge is -2.19. The second kappa shape index (κ2) is 3.77. The number of carbonyl (C=O) groups excluding carboxylic acids is 1. The van der Waals surface area contributed by atoms with Gasteiger partial charge in [-0.15, -0.1) is 0 Å². The van der Waals surface area contributed by atoms with Gasteiger partial charge in [0.05, 0.1) is 13.2 Å². The summed E-state index contributed by atoms with van der Waals surface area (Å²) in [6.07, 6.45) is 0.417. The van der Waals surface area contributed by atoms with Crippen LogP contribution in [0.1, 0.15) is 13.3 Å². The Balaban J connectivity index is 2.58. The molecule has 0 saturated carbocycles. The summed E-state index contributed by atoms with van der Waals surface area (Å²) in [6.45, 7) is 1.92. The summed E-state index contributed by atoms with van der Waals surface area (Å²) in [5.74, 6) is 4.61. The Hall–Kier alpha value is -1.05. The average Bonchev–Trinajstić information content (AvgIpc) is 2.50. The average molecular weight is 183 g/mol. The first kappa shape index (κ1) is 10.0. The molecule has 1 aliphatic rings. The van der Waals surface area contributed by atoms with Crippen molar-refractivity contribution in [2.45, 2.75) is 18.9 Å². The second-order valence-electron chi connectivity index (χ2n) is 3.23. The van der Waals surface area contributed by atoms with Crippen LogP contribution in [0.2, 0.25) is 0 Å². The molecule has 2 N–H and O–H groups in total. The third-order valence-corrected chi connectivity index (χ3v) is 2.15. The molecule has 1 aliphatic heterocycles. The van der Waals surface area contributed by atoms with Gasteiger partial charge in [0.2, 0.25) is 0 Å². The molecule has 0 aliphatic carbocycles. The predicted octanol–water partition coefficient (Wildman–Crippen LogP) is -1.03. The minimum Gasteiger partial charge on any atom is -0.393 e. The van der Waals surface area contributed by atoms with Gasteiger partial charge in [-0.25, -0.2) is 0 Å². The van der Waals surface area contributed by atoms with Gasteiger partial charge in [0, 0.05) is 6.54 Å². The molecule has 0 spiro atoms. The fourth-order valence-electron chi connectivity index (χ4n) is 1.34. The maximum atomic E-state index is 11.2. The lowest BCUT2D eigenvalue weighted by molar-refractivity contribution is -0.125. The van der Waals surface area contributed by atoms with E-state index in [0.29, 0.717) is 13.0 Å². The number of rotatable bonds is 1. The standard InChI is InChI=1S/C9H13NO3/c1-2-3-8(12)10-5-4-9(13,6-10)7-11/h11,13H,4-7H2,1H3. The number of carbonyl (C=O) groups is 1. The van der Waals surface area contributed by atoms with E-state index < -0.39 is 5.60 Å². The van der Waals surface area contributed by atoms with E-state index in [4.69, 9.17) is 5.11 Å². The molecule has 1 rings (SSSR count). The van der Waals surface area contributed by atoms with Gasteiger partial charge in [0.1, 0.15) is 5.60 Å². The van der Waals surface area contributed by atoms with Gasteiger partial charge in [-0.1, -0.05) is 5.92 Å². The fraction of sp³-hybridized carbons (Fsp3) is 0.667. The summed E-state index contributed by atoms with van der Waals surface area (Å²) in [5.41, 5.74) is -1.12. The molecule has 13 heavy (non-hydrogen) atoms. The number of hydrogen-bond donors (Lipinski definition) is 2. The largest absolute Gasteiger partial charge is 0.393 e. The van der Waals surface area contributed by atoms with Gasteiger partial charge in [-0.2, -0.15) is 0 Å². The zero-order valence-corrected chi connectivity index (χ0v) is 7.58. The van der Waals surface area contributed by atoms with Crippen molar-refractivity contribution >= 4 is 5.91 Å².